The number of fused-ring (bicyclic) bond motifs is 1. The van der Waals surface area contributed by atoms with Crippen LogP contribution in [0, 0.1) is 0 Å². The number of carboxylic acid groups (broad SMARTS) is 1. The number of aromatic carboxylic acids is 1. The van der Waals surface area contributed by atoms with Gasteiger partial charge in [-0.1, -0.05) is 29.8 Å². The third-order valence-electron chi connectivity index (χ3n) is 4.33. The number of H-pyrrole nitrogens is 1. The van der Waals surface area contributed by atoms with Crippen molar-refractivity contribution in [2.24, 2.45) is 0 Å². The molecule has 29 heavy (non-hydrogen) atoms. The van der Waals surface area contributed by atoms with Crippen molar-refractivity contribution in [1.29, 1.82) is 0 Å². The number of carboxylic acids is 1. The minimum atomic E-state index is -1.32. The number of carbonyl (C=O) groups excluding carboxylic acids is 1. The van der Waals surface area contributed by atoms with Crippen molar-refractivity contribution in [2.45, 2.75) is 19.9 Å². The van der Waals surface area contributed by atoms with Gasteiger partial charge in [0.15, 0.2) is 0 Å². The highest BCUT2D eigenvalue weighted by molar-refractivity contribution is 6.31. The molecule has 0 saturated heterocycles. The van der Waals surface area contributed by atoms with E-state index >= 15 is 0 Å². The zero-order valence-electron chi connectivity index (χ0n) is 15.6. The monoisotopic (exact) mass is 414 g/mol. The Morgan fingerprint density at radius 2 is 1.93 bits per heavy atom. The molecule has 0 aliphatic carbocycles. The van der Waals surface area contributed by atoms with E-state index in [0.717, 1.165) is 5.56 Å². The summed E-state index contributed by atoms with van der Waals surface area (Å²) in [4.78, 5) is 38.2. The first-order chi connectivity index (χ1) is 13.9. The Morgan fingerprint density at radius 1 is 1.17 bits per heavy atom. The number of benzene rings is 2. The lowest BCUT2D eigenvalue weighted by Gasteiger charge is -2.12. The van der Waals surface area contributed by atoms with Crippen LogP contribution in [0.1, 0.15) is 28.4 Å². The molecule has 3 aromatic rings. The number of rotatable bonds is 7. The minimum absolute atomic E-state index is 0.120. The molecule has 0 spiro atoms. The summed E-state index contributed by atoms with van der Waals surface area (Å²) in [6, 6.07) is 11.8. The fourth-order valence-electron chi connectivity index (χ4n) is 3.03. The first-order valence-corrected chi connectivity index (χ1v) is 9.33. The second-order valence-electron chi connectivity index (χ2n) is 6.34. The van der Waals surface area contributed by atoms with Crippen molar-refractivity contribution in [3.05, 3.63) is 74.5 Å². The minimum Gasteiger partial charge on any atom is -0.494 e. The van der Waals surface area contributed by atoms with Gasteiger partial charge in [0.05, 0.1) is 18.5 Å². The number of aromatic amines is 1. The number of hydrogen-bond acceptors (Lipinski definition) is 4. The molecule has 0 bridgehead atoms. The smallest absolute Gasteiger partial charge is 0.341 e. The fourth-order valence-corrected chi connectivity index (χ4v) is 3.28. The number of carbonyl (C=O) groups is 2. The summed E-state index contributed by atoms with van der Waals surface area (Å²) in [6.45, 7) is 2.49. The van der Waals surface area contributed by atoms with Gasteiger partial charge in [0.25, 0.3) is 5.56 Å². The second kappa shape index (κ2) is 8.79. The van der Waals surface area contributed by atoms with Crippen molar-refractivity contribution in [2.75, 3.05) is 6.61 Å². The van der Waals surface area contributed by atoms with Gasteiger partial charge in [-0.05, 0) is 36.8 Å². The predicted molar refractivity (Wildman–Crippen MR) is 110 cm³/mol. The second-order valence-corrected chi connectivity index (χ2v) is 6.78. The number of ether oxygens (including phenoxy) is 1. The highest BCUT2D eigenvalue weighted by Crippen LogP contribution is 2.23. The fraction of sp³-hybridized carbons (Fsp3) is 0.190. The summed E-state index contributed by atoms with van der Waals surface area (Å²) in [5.74, 6) is -0.894. The molecular weight excluding hydrogens is 396 g/mol. The third kappa shape index (κ3) is 4.75. The molecule has 0 saturated carbocycles. The number of aromatic nitrogens is 1. The van der Waals surface area contributed by atoms with Crippen LogP contribution in [0.5, 0.6) is 5.75 Å². The first-order valence-electron chi connectivity index (χ1n) is 8.95. The molecule has 1 amide bonds. The third-order valence-corrected chi connectivity index (χ3v) is 4.55. The van der Waals surface area contributed by atoms with Crippen molar-refractivity contribution >= 4 is 34.4 Å². The predicted octanol–water partition coefficient (Wildman–Crippen LogP) is 3.14. The topological polar surface area (TPSA) is 108 Å². The maximum Gasteiger partial charge on any atom is 0.341 e. The Balaban J connectivity index is 1.82. The van der Waals surface area contributed by atoms with E-state index in [1.54, 1.807) is 18.2 Å². The zero-order chi connectivity index (χ0) is 21.0. The van der Waals surface area contributed by atoms with E-state index < -0.39 is 11.5 Å². The number of pyridine rings is 1. The van der Waals surface area contributed by atoms with E-state index in [-0.39, 0.29) is 24.4 Å². The molecule has 1 heterocycles. The summed E-state index contributed by atoms with van der Waals surface area (Å²) in [5, 5.41) is 12.8. The van der Waals surface area contributed by atoms with Gasteiger partial charge in [-0.25, -0.2) is 4.79 Å². The maximum atomic E-state index is 12.4. The van der Waals surface area contributed by atoms with E-state index in [2.05, 4.69) is 10.3 Å². The Labute approximate surface area is 171 Å². The van der Waals surface area contributed by atoms with Crippen LogP contribution in [0.2, 0.25) is 5.02 Å². The highest BCUT2D eigenvalue weighted by atomic mass is 35.5. The molecule has 0 fully saturated rings. The lowest BCUT2D eigenvalue weighted by atomic mass is 10.1. The van der Waals surface area contributed by atoms with Crippen LogP contribution in [0.4, 0.5) is 0 Å². The molecule has 0 atom stereocenters. The number of nitrogens with one attached hydrogen (secondary N) is 2. The highest BCUT2D eigenvalue weighted by Gasteiger charge is 2.14. The van der Waals surface area contributed by atoms with Crippen LogP contribution in [-0.4, -0.2) is 28.6 Å². The van der Waals surface area contributed by atoms with Crippen molar-refractivity contribution < 1.29 is 19.4 Å². The average molecular weight is 415 g/mol. The van der Waals surface area contributed by atoms with Crippen molar-refractivity contribution in [1.82, 2.24) is 10.3 Å². The Kier molecular flexibility index (Phi) is 6.19. The van der Waals surface area contributed by atoms with Gasteiger partial charge < -0.3 is 20.1 Å². The van der Waals surface area contributed by atoms with Gasteiger partial charge in [-0.2, -0.15) is 0 Å². The summed E-state index contributed by atoms with van der Waals surface area (Å²) in [7, 11) is 0. The molecule has 3 N–H and O–H groups in total. The summed E-state index contributed by atoms with van der Waals surface area (Å²) >= 11 is 6.13. The first kappa shape index (κ1) is 20.4. The average Bonchev–Trinajstić information content (AvgIpc) is 2.67. The van der Waals surface area contributed by atoms with Crippen LogP contribution in [-0.2, 0) is 17.8 Å². The molecule has 0 radical (unpaired) electrons. The van der Waals surface area contributed by atoms with Gasteiger partial charge in [-0.3, -0.25) is 9.59 Å². The number of hydrogen-bond donors (Lipinski definition) is 3. The number of para-hydroxylation sites is 1. The molecule has 0 aliphatic rings. The molecule has 1 aromatic heterocycles. The Morgan fingerprint density at radius 3 is 2.66 bits per heavy atom. The van der Waals surface area contributed by atoms with E-state index in [0.29, 0.717) is 33.8 Å². The normalized spacial score (nSPS) is 10.7. The molecule has 7 nitrogen and oxygen atoms in total. The van der Waals surface area contributed by atoms with E-state index in [1.165, 1.54) is 6.07 Å². The van der Waals surface area contributed by atoms with Crippen molar-refractivity contribution in [3.63, 3.8) is 0 Å². The molecular formula is C21H19ClN2O5. The maximum absolute atomic E-state index is 12.4. The van der Waals surface area contributed by atoms with Gasteiger partial charge in [0.2, 0.25) is 5.91 Å². The summed E-state index contributed by atoms with van der Waals surface area (Å²) < 4.78 is 5.53. The Bertz CT molecular complexity index is 1140. The van der Waals surface area contributed by atoms with Crippen LogP contribution >= 0.6 is 11.6 Å². The Hall–Kier alpha value is -3.32. The van der Waals surface area contributed by atoms with Crippen molar-refractivity contribution in [3.8, 4) is 5.75 Å². The molecule has 3 rings (SSSR count). The van der Waals surface area contributed by atoms with Crippen LogP contribution in [0.25, 0.3) is 10.9 Å². The van der Waals surface area contributed by atoms with Gasteiger partial charge >= 0.3 is 5.97 Å². The molecule has 0 unspecified atom stereocenters. The van der Waals surface area contributed by atoms with Crippen LogP contribution in [0.15, 0.2) is 47.3 Å². The molecule has 0 aliphatic heterocycles. The largest absolute Gasteiger partial charge is 0.494 e. The number of halogens is 1. The van der Waals surface area contributed by atoms with Crippen LogP contribution in [0.3, 0.4) is 0 Å². The molecule has 8 heteroatoms. The zero-order valence-corrected chi connectivity index (χ0v) is 16.4. The number of amides is 1. The van der Waals surface area contributed by atoms with E-state index in [4.69, 9.17) is 21.4 Å². The van der Waals surface area contributed by atoms with E-state index in [9.17, 15) is 14.4 Å². The lowest BCUT2D eigenvalue weighted by Crippen LogP contribution is -2.25. The lowest BCUT2D eigenvalue weighted by molar-refractivity contribution is -0.120. The summed E-state index contributed by atoms with van der Waals surface area (Å²) in [5.41, 5.74) is 0.683. The molecule has 150 valence electrons. The quantitative estimate of drug-likeness (QED) is 0.550. The van der Waals surface area contributed by atoms with Gasteiger partial charge in [0, 0.05) is 22.5 Å². The summed E-state index contributed by atoms with van der Waals surface area (Å²) in [6.07, 6.45) is 0.133. The van der Waals surface area contributed by atoms with Crippen LogP contribution < -0.4 is 15.6 Å². The SMILES string of the molecule is CCOc1ccccc1CC(=O)NCc1cc(Cl)cc2cc(C(=O)O)c(=O)[nH]c12. The van der Waals surface area contributed by atoms with Gasteiger partial charge in [0.1, 0.15) is 11.3 Å². The standard InChI is InChI=1S/C21H19ClN2O5/c1-2-29-17-6-4-3-5-12(17)10-18(25)23-11-14-8-15(22)7-13-9-16(21(27)28)20(26)24-19(13)14/h3-9H,2,10-11H2,1H3,(H,23,25)(H,24,26)(H,27,28). The van der Waals surface area contributed by atoms with E-state index in [1.807, 2.05) is 25.1 Å². The van der Waals surface area contributed by atoms with Gasteiger partial charge in [-0.15, -0.1) is 0 Å². The molecule has 2 aromatic carbocycles.